The molecule has 0 saturated carbocycles. The maximum atomic E-state index is 12.9. The van der Waals surface area contributed by atoms with Crippen molar-refractivity contribution in [3.8, 4) is 5.75 Å². The molecule has 2 atom stereocenters. The Balaban J connectivity index is 1.83. The molecule has 2 aliphatic rings. The van der Waals surface area contributed by atoms with Gasteiger partial charge >= 0.3 is 12.0 Å². The van der Waals surface area contributed by atoms with E-state index in [1.54, 1.807) is 19.1 Å². The van der Waals surface area contributed by atoms with Crippen LogP contribution >= 0.6 is 0 Å². The number of ether oxygens (including phenoxy) is 1. The van der Waals surface area contributed by atoms with E-state index in [2.05, 4.69) is 5.32 Å². The molecular weight excluding hydrogens is 332 g/mol. The number of rotatable bonds is 2. The van der Waals surface area contributed by atoms with Crippen LogP contribution in [0.4, 0.5) is 10.5 Å². The molecule has 6 heteroatoms. The minimum absolute atomic E-state index is 0.129. The summed E-state index contributed by atoms with van der Waals surface area (Å²) >= 11 is 0. The number of nitrogens with one attached hydrogen (secondary N) is 1. The van der Waals surface area contributed by atoms with Crippen molar-refractivity contribution in [3.05, 3.63) is 58.7 Å². The van der Waals surface area contributed by atoms with Gasteiger partial charge in [-0.2, -0.15) is 0 Å². The van der Waals surface area contributed by atoms with E-state index in [0.717, 1.165) is 16.9 Å². The third kappa shape index (κ3) is 2.33. The highest BCUT2D eigenvalue weighted by Crippen LogP contribution is 2.46. The first-order valence-electron chi connectivity index (χ1n) is 8.53. The fraction of sp³-hybridized carbons (Fsp3) is 0.300. The van der Waals surface area contributed by atoms with Crippen molar-refractivity contribution in [2.45, 2.75) is 39.0 Å². The molecule has 0 radical (unpaired) electrons. The predicted molar refractivity (Wildman–Crippen MR) is 96.7 cm³/mol. The normalized spacial score (nSPS) is 23.7. The van der Waals surface area contributed by atoms with Crippen LogP contribution in [0.1, 0.15) is 46.4 Å². The van der Waals surface area contributed by atoms with E-state index in [-0.39, 0.29) is 17.6 Å². The lowest BCUT2D eigenvalue weighted by atomic mass is 9.89. The van der Waals surface area contributed by atoms with Crippen molar-refractivity contribution in [1.82, 2.24) is 5.32 Å². The van der Waals surface area contributed by atoms with Gasteiger partial charge < -0.3 is 15.2 Å². The fourth-order valence-corrected chi connectivity index (χ4v) is 3.96. The van der Waals surface area contributed by atoms with E-state index < -0.39 is 11.7 Å². The van der Waals surface area contributed by atoms with Gasteiger partial charge in [0.1, 0.15) is 5.75 Å². The zero-order valence-electron chi connectivity index (χ0n) is 14.9. The number of hydrogen-bond acceptors (Lipinski definition) is 3. The van der Waals surface area contributed by atoms with Crippen LogP contribution in [0.5, 0.6) is 5.75 Å². The molecule has 2 amide bonds. The molecule has 0 unspecified atom stereocenters. The Morgan fingerprint density at radius 1 is 1.31 bits per heavy atom. The van der Waals surface area contributed by atoms with Crippen LogP contribution in [0.15, 0.2) is 36.4 Å². The van der Waals surface area contributed by atoms with Crippen molar-refractivity contribution in [2.24, 2.45) is 0 Å². The number of carboxylic acid groups (broad SMARTS) is 1. The number of nitrogens with zero attached hydrogens (tertiary/aromatic N) is 1. The molecule has 2 N–H and O–H groups in total. The molecule has 1 fully saturated rings. The molecule has 0 aromatic heterocycles. The monoisotopic (exact) mass is 352 g/mol. The van der Waals surface area contributed by atoms with Crippen LogP contribution in [0.2, 0.25) is 0 Å². The van der Waals surface area contributed by atoms with E-state index in [4.69, 9.17) is 4.74 Å². The molecule has 134 valence electrons. The lowest BCUT2D eigenvalue weighted by Crippen LogP contribution is -2.65. The van der Waals surface area contributed by atoms with Gasteiger partial charge in [0.2, 0.25) is 0 Å². The van der Waals surface area contributed by atoms with Crippen LogP contribution in [0, 0.1) is 13.8 Å². The van der Waals surface area contributed by atoms with E-state index in [0.29, 0.717) is 17.7 Å². The third-order valence-electron chi connectivity index (χ3n) is 5.20. The van der Waals surface area contributed by atoms with Gasteiger partial charge in [-0.3, -0.25) is 4.90 Å². The van der Waals surface area contributed by atoms with Crippen LogP contribution in [0.3, 0.4) is 0 Å². The second kappa shape index (κ2) is 5.49. The van der Waals surface area contributed by atoms with Crippen molar-refractivity contribution in [3.63, 3.8) is 0 Å². The molecule has 0 aliphatic carbocycles. The summed E-state index contributed by atoms with van der Waals surface area (Å²) in [5.74, 6) is -0.276. The Labute approximate surface area is 151 Å². The van der Waals surface area contributed by atoms with Gasteiger partial charge in [0.15, 0.2) is 5.72 Å². The van der Waals surface area contributed by atoms with Gasteiger partial charge in [-0.25, -0.2) is 9.59 Å². The number of aryl methyl sites for hydroxylation is 1. The molecule has 2 aliphatic heterocycles. The van der Waals surface area contributed by atoms with Crippen molar-refractivity contribution in [1.29, 1.82) is 0 Å². The van der Waals surface area contributed by atoms with E-state index in [1.807, 2.05) is 32.0 Å². The van der Waals surface area contributed by atoms with Crippen LogP contribution < -0.4 is 15.0 Å². The summed E-state index contributed by atoms with van der Waals surface area (Å²) in [4.78, 5) is 25.9. The predicted octanol–water partition coefficient (Wildman–Crippen LogP) is 3.77. The number of carbonyl (C=O) groups is 2. The zero-order chi connectivity index (χ0) is 18.6. The molecule has 6 nitrogen and oxygen atoms in total. The molecule has 2 aromatic rings. The Kier molecular flexibility index (Phi) is 3.47. The quantitative estimate of drug-likeness (QED) is 0.862. The average molecular weight is 352 g/mol. The van der Waals surface area contributed by atoms with E-state index in [1.165, 1.54) is 11.0 Å². The van der Waals surface area contributed by atoms with Gasteiger partial charge in [0.05, 0.1) is 17.3 Å². The summed E-state index contributed by atoms with van der Waals surface area (Å²) < 4.78 is 6.26. The van der Waals surface area contributed by atoms with Crippen LogP contribution in [0.25, 0.3) is 0 Å². The molecular formula is C20H20N2O4. The minimum atomic E-state index is -1.02. The number of amides is 2. The molecule has 2 heterocycles. The zero-order valence-corrected chi connectivity index (χ0v) is 14.9. The first-order valence-corrected chi connectivity index (χ1v) is 8.53. The molecule has 0 spiro atoms. The number of hydrogen-bond donors (Lipinski definition) is 2. The van der Waals surface area contributed by atoms with Gasteiger partial charge in [-0.05, 0) is 44.5 Å². The minimum Gasteiger partial charge on any atom is -0.478 e. The molecule has 2 bridgehead atoms. The van der Waals surface area contributed by atoms with Crippen molar-refractivity contribution >= 4 is 17.7 Å². The van der Waals surface area contributed by atoms with Crippen molar-refractivity contribution < 1.29 is 19.4 Å². The number of urea groups is 1. The van der Waals surface area contributed by atoms with Gasteiger partial charge in [0, 0.05) is 12.0 Å². The summed E-state index contributed by atoms with van der Waals surface area (Å²) in [5, 5.41) is 12.4. The number of aromatic carboxylic acids is 1. The van der Waals surface area contributed by atoms with Gasteiger partial charge in [0.25, 0.3) is 0 Å². The maximum absolute atomic E-state index is 12.9. The number of carboxylic acids is 1. The van der Waals surface area contributed by atoms with Crippen molar-refractivity contribution in [2.75, 3.05) is 4.90 Å². The fourth-order valence-electron chi connectivity index (χ4n) is 3.96. The highest BCUT2D eigenvalue weighted by Gasteiger charge is 2.50. The SMILES string of the molecule is Cc1ccc2c(c1)[C@H]1C[C@@](C)(O2)N(c2cccc(C(=O)O)c2C)C(=O)N1. The van der Waals surface area contributed by atoms with Gasteiger partial charge in [-0.15, -0.1) is 0 Å². The summed E-state index contributed by atoms with van der Waals surface area (Å²) in [6, 6.07) is 10.4. The Bertz CT molecular complexity index is 939. The Morgan fingerprint density at radius 3 is 2.81 bits per heavy atom. The highest BCUT2D eigenvalue weighted by atomic mass is 16.5. The summed E-state index contributed by atoms with van der Waals surface area (Å²) in [5.41, 5.74) is 2.45. The first kappa shape index (κ1) is 16.4. The third-order valence-corrected chi connectivity index (χ3v) is 5.20. The summed E-state index contributed by atoms with van der Waals surface area (Å²) in [6.45, 7) is 5.59. The van der Waals surface area contributed by atoms with Crippen LogP contribution in [-0.4, -0.2) is 22.8 Å². The second-order valence-corrected chi connectivity index (χ2v) is 7.11. The molecule has 26 heavy (non-hydrogen) atoms. The summed E-state index contributed by atoms with van der Waals surface area (Å²) in [6.07, 6.45) is 0.575. The smallest absolute Gasteiger partial charge is 0.336 e. The number of anilines is 1. The number of carbonyl (C=O) groups excluding carboxylic acids is 1. The van der Waals surface area contributed by atoms with E-state index in [9.17, 15) is 14.7 Å². The Morgan fingerprint density at radius 2 is 2.08 bits per heavy atom. The highest BCUT2D eigenvalue weighted by molar-refractivity contribution is 5.98. The number of benzene rings is 2. The summed E-state index contributed by atoms with van der Waals surface area (Å²) in [7, 11) is 0. The number of fused-ring (bicyclic) bond motifs is 4. The first-order chi connectivity index (χ1) is 12.3. The maximum Gasteiger partial charge on any atom is 0.336 e. The Hall–Kier alpha value is -3.02. The second-order valence-electron chi connectivity index (χ2n) is 7.11. The van der Waals surface area contributed by atoms with Crippen LogP contribution in [-0.2, 0) is 0 Å². The van der Waals surface area contributed by atoms with Gasteiger partial charge in [-0.1, -0.05) is 23.8 Å². The largest absolute Gasteiger partial charge is 0.478 e. The molecule has 2 aromatic carbocycles. The topological polar surface area (TPSA) is 78.9 Å². The molecule has 1 saturated heterocycles. The average Bonchev–Trinajstić information content (AvgIpc) is 2.56. The lowest BCUT2D eigenvalue weighted by Gasteiger charge is -2.51. The molecule has 4 rings (SSSR count). The van der Waals surface area contributed by atoms with E-state index >= 15 is 0 Å². The lowest BCUT2D eigenvalue weighted by molar-refractivity contribution is 0.0376. The standard InChI is InChI=1S/C20H20N2O4/c1-11-7-8-17-14(9-11)15-10-20(3,26-17)22(19(25)21-15)16-6-4-5-13(12(16)2)18(23)24/h4-9,15H,10H2,1-3H3,(H,21,25)(H,23,24)/t15-,20-/m1/s1.